The molecule has 0 radical (unpaired) electrons. The van der Waals surface area contributed by atoms with Gasteiger partial charge >= 0.3 is 5.69 Å². The summed E-state index contributed by atoms with van der Waals surface area (Å²) in [5.74, 6) is 0.152. The summed E-state index contributed by atoms with van der Waals surface area (Å²) in [7, 11) is -2.85. The van der Waals surface area contributed by atoms with E-state index in [0.717, 1.165) is 3.97 Å². The molecule has 1 heterocycles. The highest BCUT2D eigenvalue weighted by Gasteiger charge is 2.33. The molecule has 0 saturated heterocycles. The lowest BCUT2D eigenvalue weighted by atomic mass is 10.0. The normalized spacial score (nSPS) is 12.4. The van der Waals surface area contributed by atoms with Crippen molar-refractivity contribution < 1.29 is 17.9 Å². The van der Waals surface area contributed by atoms with Gasteiger partial charge in [-0.2, -0.15) is 3.97 Å². The summed E-state index contributed by atoms with van der Waals surface area (Å²) in [6, 6.07) is 18.0. The van der Waals surface area contributed by atoms with E-state index in [0.29, 0.717) is 29.4 Å². The second-order valence-electron chi connectivity index (χ2n) is 8.05. The summed E-state index contributed by atoms with van der Waals surface area (Å²) in [6.45, 7) is 4.55. The molecule has 1 atom stereocenters. The Morgan fingerprint density at radius 3 is 2.19 bits per heavy atom. The van der Waals surface area contributed by atoms with Gasteiger partial charge in [-0.25, -0.2) is 13.2 Å². The van der Waals surface area contributed by atoms with E-state index in [-0.39, 0.29) is 21.8 Å². The number of likely N-dealkylation sites (N-methyl/N-ethyl adjacent to an activating group) is 1. The average molecular weight is 528 g/mol. The Kier molecular flexibility index (Phi) is 7.23. The third-order valence-electron chi connectivity index (χ3n) is 6.08. The first-order valence-corrected chi connectivity index (χ1v) is 13.2. The molecule has 188 valence electrons. The van der Waals surface area contributed by atoms with Gasteiger partial charge in [0.15, 0.2) is 0 Å². The van der Waals surface area contributed by atoms with Crippen LogP contribution in [-0.2, 0) is 14.8 Å². The second kappa shape index (κ2) is 10.2. The van der Waals surface area contributed by atoms with E-state index >= 15 is 0 Å². The lowest BCUT2D eigenvalue weighted by Crippen LogP contribution is -2.41. The van der Waals surface area contributed by atoms with Crippen LogP contribution in [-0.4, -0.2) is 48.0 Å². The van der Waals surface area contributed by atoms with Gasteiger partial charge in [-0.3, -0.25) is 9.36 Å². The van der Waals surface area contributed by atoms with E-state index in [4.69, 9.17) is 16.3 Å². The molecule has 36 heavy (non-hydrogen) atoms. The zero-order valence-electron chi connectivity index (χ0n) is 20.1. The van der Waals surface area contributed by atoms with E-state index in [9.17, 15) is 18.0 Å². The molecule has 0 N–H and O–H groups in total. The molecule has 4 aromatic rings. The Labute approximate surface area is 214 Å². The van der Waals surface area contributed by atoms with Gasteiger partial charge in [0.1, 0.15) is 11.8 Å². The maximum absolute atomic E-state index is 14.0. The van der Waals surface area contributed by atoms with Crippen molar-refractivity contribution in [3.05, 3.63) is 93.9 Å². The quantitative estimate of drug-likeness (QED) is 0.343. The van der Waals surface area contributed by atoms with E-state index in [1.54, 1.807) is 35.2 Å². The highest BCUT2D eigenvalue weighted by molar-refractivity contribution is 7.90. The fraction of sp³-hybridized carbons (Fsp3) is 0.231. The monoisotopic (exact) mass is 527 g/mol. The van der Waals surface area contributed by atoms with E-state index < -0.39 is 21.8 Å². The summed E-state index contributed by atoms with van der Waals surface area (Å²) in [6.07, 6.45) is 0. The Bertz CT molecular complexity index is 1560. The molecule has 1 aromatic heterocycles. The minimum absolute atomic E-state index is 0.0919. The number of fused-ring (bicyclic) bond motifs is 1. The molecule has 3 aromatic carbocycles. The molecule has 0 saturated carbocycles. The zero-order valence-corrected chi connectivity index (χ0v) is 21.7. The Morgan fingerprint density at radius 2 is 1.61 bits per heavy atom. The number of carbonyl (C=O) groups excluding carboxylic acids is 1. The summed E-state index contributed by atoms with van der Waals surface area (Å²) in [5.41, 5.74) is 0.0438. The van der Waals surface area contributed by atoms with Gasteiger partial charge in [0.2, 0.25) is 5.91 Å². The Morgan fingerprint density at radius 1 is 0.972 bits per heavy atom. The molecule has 0 aliphatic carbocycles. The van der Waals surface area contributed by atoms with Crippen molar-refractivity contribution in [2.24, 2.45) is 0 Å². The van der Waals surface area contributed by atoms with Crippen LogP contribution in [0.2, 0.25) is 5.02 Å². The summed E-state index contributed by atoms with van der Waals surface area (Å²) in [5, 5.41) is 0.303. The molecule has 0 fully saturated rings. The van der Waals surface area contributed by atoms with Crippen LogP contribution < -0.4 is 10.4 Å². The number of aromatic nitrogens is 2. The van der Waals surface area contributed by atoms with Crippen LogP contribution in [0.25, 0.3) is 11.0 Å². The minimum Gasteiger partial charge on any atom is -0.497 e. The van der Waals surface area contributed by atoms with Crippen LogP contribution in [0, 0.1) is 0 Å². The third kappa shape index (κ3) is 4.40. The molecule has 4 rings (SSSR count). The van der Waals surface area contributed by atoms with Crippen LogP contribution in [0.3, 0.4) is 0 Å². The minimum atomic E-state index is -4.33. The van der Waals surface area contributed by atoms with Crippen LogP contribution in [0.4, 0.5) is 0 Å². The van der Waals surface area contributed by atoms with Crippen molar-refractivity contribution in [3.63, 3.8) is 0 Å². The summed E-state index contributed by atoms with van der Waals surface area (Å²) in [4.78, 5) is 29.2. The molecular formula is C26H26ClN3O5S. The first-order valence-electron chi connectivity index (χ1n) is 11.4. The molecule has 1 amide bonds. The lowest BCUT2D eigenvalue weighted by molar-refractivity contribution is -0.133. The van der Waals surface area contributed by atoms with Crippen molar-refractivity contribution in [1.82, 2.24) is 13.4 Å². The van der Waals surface area contributed by atoms with Crippen LogP contribution >= 0.6 is 11.6 Å². The number of methoxy groups -OCH3 is 1. The molecule has 1 unspecified atom stereocenters. The first kappa shape index (κ1) is 25.5. The third-order valence-corrected chi connectivity index (χ3v) is 8.01. The lowest BCUT2D eigenvalue weighted by Gasteiger charge is -2.26. The van der Waals surface area contributed by atoms with Gasteiger partial charge in [-0.15, -0.1) is 0 Å². The highest BCUT2D eigenvalue weighted by Crippen LogP contribution is 2.29. The molecule has 0 aliphatic rings. The smallest absolute Gasteiger partial charge is 0.344 e. The van der Waals surface area contributed by atoms with Crippen LogP contribution in [0.5, 0.6) is 5.75 Å². The fourth-order valence-electron chi connectivity index (χ4n) is 4.25. The number of nitrogens with zero attached hydrogens (tertiary/aromatic N) is 3. The SMILES string of the molecule is CCN(CC)C(=O)C(c1ccccc1)n1c(=O)n(S(=O)(=O)c2ccc(OC)cc2)c2ccc(Cl)cc21. The Hall–Kier alpha value is -3.56. The van der Waals surface area contributed by atoms with E-state index in [1.807, 2.05) is 13.8 Å². The van der Waals surface area contributed by atoms with E-state index in [2.05, 4.69) is 0 Å². The van der Waals surface area contributed by atoms with Crippen molar-refractivity contribution in [2.45, 2.75) is 24.8 Å². The topological polar surface area (TPSA) is 90.6 Å². The molecule has 0 aliphatic heterocycles. The van der Waals surface area contributed by atoms with Gasteiger partial charge in [0.05, 0.1) is 23.0 Å². The zero-order chi connectivity index (χ0) is 26.0. The maximum atomic E-state index is 14.0. The number of imidazole rings is 1. The fourth-order valence-corrected chi connectivity index (χ4v) is 5.81. The maximum Gasteiger partial charge on any atom is 0.344 e. The predicted octanol–water partition coefficient (Wildman–Crippen LogP) is 4.16. The van der Waals surface area contributed by atoms with E-state index in [1.165, 1.54) is 54.1 Å². The van der Waals surface area contributed by atoms with Crippen LogP contribution in [0.1, 0.15) is 25.5 Å². The standard InChI is InChI=1S/C26H26ClN3O5S/c1-4-28(5-2)25(31)24(18-9-7-6-8-10-18)29-23-17-19(27)11-16-22(23)30(26(29)32)36(33,34)21-14-12-20(35-3)13-15-21/h6-17,24H,4-5H2,1-3H3. The van der Waals surface area contributed by atoms with Crippen molar-refractivity contribution in [1.29, 1.82) is 0 Å². The van der Waals surface area contributed by atoms with Gasteiger partial charge in [-0.05, 0) is 61.9 Å². The van der Waals surface area contributed by atoms with Gasteiger partial charge in [0.25, 0.3) is 10.0 Å². The molecule has 0 bridgehead atoms. The molecule has 8 nitrogen and oxygen atoms in total. The first-order chi connectivity index (χ1) is 17.2. The number of hydrogen-bond donors (Lipinski definition) is 0. The molecule has 10 heteroatoms. The number of carbonyl (C=O) groups is 1. The van der Waals surface area contributed by atoms with Crippen LogP contribution in [0.15, 0.2) is 82.5 Å². The number of halogens is 1. The predicted molar refractivity (Wildman–Crippen MR) is 139 cm³/mol. The largest absolute Gasteiger partial charge is 0.497 e. The van der Waals surface area contributed by atoms with Gasteiger partial charge < -0.3 is 9.64 Å². The molecule has 0 spiro atoms. The second-order valence-corrected chi connectivity index (χ2v) is 10.3. The van der Waals surface area contributed by atoms with Gasteiger partial charge in [0, 0.05) is 18.1 Å². The van der Waals surface area contributed by atoms with Crippen molar-refractivity contribution in [2.75, 3.05) is 20.2 Å². The number of amides is 1. The van der Waals surface area contributed by atoms with Gasteiger partial charge in [-0.1, -0.05) is 41.9 Å². The van der Waals surface area contributed by atoms with Crippen molar-refractivity contribution >= 4 is 38.6 Å². The highest BCUT2D eigenvalue weighted by atomic mass is 35.5. The number of rotatable bonds is 8. The molecular weight excluding hydrogens is 502 g/mol. The Balaban J connectivity index is 2.05. The number of ether oxygens (including phenoxy) is 1. The number of hydrogen-bond acceptors (Lipinski definition) is 5. The summed E-state index contributed by atoms with van der Waals surface area (Å²) < 4.78 is 34.5. The number of benzene rings is 3. The summed E-state index contributed by atoms with van der Waals surface area (Å²) >= 11 is 6.28. The van der Waals surface area contributed by atoms with Crippen molar-refractivity contribution in [3.8, 4) is 5.75 Å². The average Bonchev–Trinajstić information content (AvgIpc) is 3.17.